The molecule has 1 aromatic rings. The molecule has 1 unspecified atom stereocenters. The van der Waals surface area contributed by atoms with Gasteiger partial charge in [-0.3, -0.25) is 0 Å². The predicted octanol–water partition coefficient (Wildman–Crippen LogP) is 4.61. The highest BCUT2D eigenvalue weighted by Gasteiger charge is 2.18. The van der Waals surface area contributed by atoms with Crippen molar-refractivity contribution in [1.82, 2.24) is 0 Å². The third-order valence-electron chi connectivity index (χ3n) is 2.97. The summed E-state index contributed by atoms with van der Waals surface area (Å²) in [5.41, 5.74) is 0.864. The second-order valence-electron chi connectivity index (χ2n) is 4.75. The van der Waals surface area contributed by atoms with E-state index in [1.54, 1.807) is 7.11 Å². The highest BCUT2D eigenvalue weighted by molar-refractivity contribution is 9.09. The van der Waals surface area contributed by atoms with Crippen molar-refractivity contribution in [2.75, 3.05) is 19.0 Å². The van der Waals surface area contributed by atoms with Gasteiger partial charge in [-0.15, -0.1) is 0 Å². The maximum Gasteiger partial charge on any atom is 0.0936 e. The van der Waals surface area contributed by atoms with E-state index in [0.717, 1.165) is 22.3 Å². The number of alkyl halides is 1. The van der Waals surface area contributed by atoms with Crippen molar-refractivity contribution < 1.29 is 9.47 Å². The lowest BCUT2D eigenvalue weighted by Gasteiger charge is -2.24. The van der Waals surface area contributed by atoms with E-state index in [1.807, 2.05) is 24.3 Å². The zero-order chi connectivity index (χ0) is 13.6. The molecular formula is C14H20BrClO2. The Morgan fingerprint density at radius 1 is 1.33 bits per heavy atom. The van der Waals surface area contributed by atoms with E-state index in [9.17, 15) is 0 Å². The summed E-state index contributed by atoms with van der Waals surface area (Å²) < 4.78 is 11.2. The van der Waals surface area contributed by atoms with Crippen molar-refractivity contribution in [1.29, 1.82) is 0 Å². The van der Waals surface area contributed by atoms with Crippen LogP contribution in [0.5, 0.6) is 0 Å². The van der Waals surface area contributed by atoms with Crippen LogP contribution in [0, 0.1) is 0 Å². The molecule has 0 aliphatic heterocycles. The summed E-state index contributed by atoms with van der Waals surface area (Å²) in [7, 11) is 1.72. The fourth-order valence-electron chi connectivity index (χ4n) is 1.50. The standard InChI is InChI=1S/C14H20BrClO2/c1-14(2,17-3)8-9-18-13(10-15)11-6-4-5-7-12(11)16/h4-7,13H,8-10H2,1-3H3. The maximum atomic E-state index is 6.17. The summed E-state index contributed by atoms with van der Waals surface area (Å²) in [6, 6.07) is 7.77. The molecule has 4 heteroatoms. The average molecular weight is 336 g/mol. The SMILES string of the molecule is COC(C)(C)CCOC(CBr)c1ccccc1Cl. The highest BCUT2D eigenvalue weighted by Crippen LogP contribution is 2.27. The lowest BCUT2D eigenvalue weighted by molar-refractivity contribution is -0.0228. The molecule has 0 aliphatic carbocycles. The molecule has 0 fully saturated rings. The van der Waals surface area contributed by atoms with Gasteiger partial charge >= 0.3 is 0 Å². The van der Waals surface area contributed by atoms with Gasteiger partial charge in [0.1, 0.15) is 0 Å². The molecule has 0 heterocycles. The van der Waals surface area contributed by atoms with Crippen LogP contribution in [0.15, 0.2) is 24.3 Å². The molecule has 0 amide bonds. The van der Waals surface area contributed by atoms with Crippen LogP contribution in [0.1, 0.15) is 31.9 Å². The van der Waals surface area contributed by atoms with Crippen LogP contribution in [0.4, 0.5) is 0 Å². The Labute approximate surface area is 123 Å². The van der Waals surface area contributed by atoms with Crippen LogP contribution >= 0.6 is 27.5 Å². The van der Waals surface area contributed by atoms with E-state index in [4.69, 9.17) is 21.1 Å². The zero-order valence-corrected chi connectivity index (χ0v) is 13.4. The minimum atomic E-state index is -0.155. The Bertz CT molecular complexity index is 369. The van der Waals surface area contributed by atoms with Crippen molar-refractivity contribution in [3.05, 3.63) is 34.9 Å². The normalized spacial score (nSPS) is 13.6. The Kier molecular flexibility index (Phi) is 6.64. The molecule has 0 aliphatic rings. The topological polar surface area (TPSA) is 18.5 Å². The zero-order valence-electron chi connectivity index (χ0n) is 11.1. The van der Waals surface area contributed by atoms with E-state index in [1.165, 1.54) is 0 Å². The maximum absolute atomic E-state index is 6.17. The number of hydrogen-bond donors (Lipinski definition) is 0. The molecule has 0 spiro atoms. The van der Waals surface area contributed by atoms with Gasteiger partial charge in [0, 0.05) is 23.0 Å². The van der Waals surface area contributed by atoms with Crippen LogP contribution < -0.4 is 0 Å². The van der Waals surface area contributed by atoms with E-state index in [-0.39, 0.29) is 11.7 Å². The van der Waals surface area contributed by atoms with Crippen molar-refractivity contribution in [2.45, 2.75) is 32.0 Å². The molecule has 0 radical (unpaired) electrons. The minimum absolute atomic E-state index is 0.0219. The van der Waals surface area contributed by atoms with Crippen LogP contribution in [-0.4, -0.2) is 24.6 Å². The van der Waals surface area contributed by atoms with Crippen molar-refractivity contribution in [2.24, 2.45) is 0 Å². The number of halogens is 2. The highest BCUT2D eigenvalue weighted by atomic mass is 79.9. The molecule has 1 rings (SSSR count). The van der Waals surface area contributed by atoms with E-state index >= 15 is 0 Å². The second-order valence-corrected chi connectivity index (χ2v) is 5.80. The number of benzene rings is 1. The Morgan fingerprint density at radius 2 is 2.00 bits per heavy atom. The molecule has 0 bridgehead atoms. The summed E-state index contributed by atoms with van der Waals surface area (Å²) in [6.07, 6.45) is 0.823. The van der Waals surface area contributed by atoms with Gasteiger partial charge in [-0.2, -0.15) is 0 Å². The van der Waals surface area contributed by atoms with Crippen molar-refractivity contribution >= 4 is 27.5 Å². The molecule has 0 saturated carbocycles. The lowest BCUT2D eigenvalue weighted by atomic mass is 10.1. The fraction of sp³-hybridized carbons (Fsp3) is 0.571. The first-order chi connectivity index (χ1) is 8.50. The summed E-state index contributed by atoms with van der Waals surface area (Å²) in [5.74, 6) is 0. The third kappa shape index (κ3) is 4.88. The first kappa shape index (κ1) is 16.0. The first-order valence-corrected chi connectivity index (χ1v) is 7.47. The van der Waals surface area contributed by atoms with Crippen LogP contribution in [-0.2, 0) is 9.47 Å². The summed E-state index contributed by atoms with van der Waals surface area (Å²) in [5, 5.41) is 1.47. The fourth-order valence-corrected chi connectivity index (χ4v) is 2.30. The number of hydrogen-bond acceptors (Lipinski definition) is 2. The van der Waals surface area contributed by atoms with Gasteiger partial charge in [0.15, 0.2) is 0 Å². The lowest BCUT2D eigenvalue weighted by Crippen LogP contribution is -2.25. The van der Waals surface area contributed by atoms with Crippen LogP contribution in [0.2, 0.25) is 5.02 Å². The van der Waals surface area contributed by atoms with E-state index < -0.39 is 0 Å². The minimum Gasteiger partial charge on any atom is -0.379 e. The van der Waals surface area contributed by atoms with Gasteiger partial charge in [-0.05, 0) is 26.3 Å². The second kappa shape index (κ2) is 7.49. The summed E-state index contributed by atoms with van der Waals surface area (Å²) in [4.78, 5) is 0. The predicted molar refractivity (Wildman–Crippen MR) is 79.6 cm³/mol. The van der Waals surface area contributed by atoms with Gasteiger partial charge in [-0.1, -0.05) is 45.7 Å². The molecule has 1 atom stereocenters. The van der Waals surface area contributed by atoms with Crippen LogP contribution in [0.3, 0.4) is 0 Å². The first-order valence-electron chi connectivity index (χ1n) is 5.97. The summed E-state index contributed by atoms with van der Waals surface area (Å²) >= 11 is 9.64. The molecule has 1 aromatic carbocycles. The molecule has 18 heavy (non-hydrogen) atoms. The number of methoxy groups -OCH3 is 1. The molecule has 0 N–H and O–H groups in total. The smallest absolute Gasteiger partial charge is 0.0936 e. The average Bonchev–Trinajstić information content (AvgIpc) is 2.36. The van der Waals surface area contributed by atoms with Gasteiger partial charge in [0.05, 0.1) is 18.3 Å². The van der Waals surface area contributed by atoms with Gasteiger partial charge < -0.3 is 9.47 Å². The number of ether oxygens (including phenoxy) is 2. The Balaban J connectivity index is 2.56. The van der Waals surface area contributed by atoms with Crippen molar-refractivity contribution in [3.63, 3.8) is 0 Å². The molecule has 102 valence electrons. The van der Waals surface area contributed by atoms with Gasteiger partial charge in [0.2, 0.25) is 0 Å². The molecule has 0 saturated heterocycles. The van der Waals surface area contributed by atoms with Crippen LogP contribution in [0.25, 0.3) is 0 Å². The Hall–Kier alpha value is -0.0900. The molecule has 2 nitrogen and oxygen atoms in total. The van der Waals surface area contributed by atoms with Crippen molar-refractivity contribution in [3.8, 4) is 0 Å². The Morgan fingerprint density at radius 3 is 2.56 bits per heavy atom. The summed E-state index contributed by atoms with van der Waals surface area (Å²) in [6.45, 7) is 4.74. The molecule has 0 aromatic heterocycles. The monoisotopic (exact) mass is 334 g/mol. The third-order valence-corrected chi connectivity index (χ3v) is 3.90. The van der Waals surface area contributed by atoms with E-state index in [0.29, 0.717) is 6.61 Å². The van der Waals surface area contributed by atoms with E-state index in [2.05, 4.69) is 29.8 Å². The van der Waals surface area contributed by atoms with Gasteiger partial charge in [-0.25, -0.2) is 0 Å². The largest absolute Gasteiger partial charge is 0.379 e. The molecular weight excluding hydrogens is 316 g/mol. The quantitative estimate of drug-likeness (QED) is 0.678. The number of rotatable bonds is 7. The van der Waals surface area contributed by atoms with Gasteiger partial charge in [0.25, 0.3) is 0 Å².